The number of unbranched alkanes of at least 4 members (excludes halogenated alkanes) is 3. The Morgan fingerprint density at radius 1 is 0.852 bits per heavy atom. The van der Waals surface area contributed by atoms with Crippen LogP contribution in [-0.4, -0.2) is 12.2 Å². The van der Waals surface area contributed by atoms with Crippen LogP contribution in [0.25, 0.3) is 0 Å². The first-order valence-electron chi connectivity index (χ1n) is 10.1. The van der Waals surface area contributed by atoms with Gasteiger partial charge < -0.3 is 9.05 Å². The first-order chi connectivity index (χ1) is 13.3. The second-order valence-corrected chi connectivity index (χ2v) is 7.73. The summed E-state index contributed by atoms with van der Waals surface area (Å²) in [5, 5.41) is 0. The summed E-state index contributed by atoms with van der Waals surface area (Å²) in [6, 6.07) is 0. The van der Waals surface area contributed by atoms with Crippen LogP contribution in [0.4, 0.5) is 0 Å². The highest BCUT2D eigenvalue weighted by atomic mass is 32.0. The van der Waals surface area contributed by atoms with Crippen LogP contribution in [0.1, 0.15) is 65.2 Å². The van der Waals surface area contributed by atoms with Crippen molar-refractivity contribution >= 4 is 26.9 Å². The Balaban J connectivity index is 4.08. The minimum absolute atomic E-state index is 0.160. The predicted molar refractivity (Wildman–Crippen MR) is 131 cm³/mol. The zero-order valence-electron chi connectivity index (χ0n) is 17.1. The quantitative estimate of drug-likeness (QED) is 0.102. The Labute approximate surface area is 174 Å². The molecular weight excluding hydrogens is 389 g/mol. The van der Waals surface area contributed by atoms with Crippen LogP contribution >= 0.6 is 26.9 Å². The van der Waals surface area contributed by atoms with E-state index in [1.165, 1.54) is 25.7 Å². The monoisotopic (exact) mass is 428 g/mol. The van der Waals surface area contributed by atoms with Gasteiger partial charge in [-0.3, -0.25) is 0 Å². The van der Waals surface area contributed by atoms with Gasteiger partial charge in [0.2, 0.25) is 0 Å². The highest BCUT2D eigenvalue weighted by molar-refractivity contribution is 8.00. The highest BCUT2D eigenvalue weighted by Gasteiger charge is 2.01. The van der Waals surface area contributed by atoms with E-state index >= 15 is 0 Å². The zero-order valence-corrected chi connectivity index (χ0v) is 20.4. The number of hydrogen-bond donors (Lipinski definition) is 0. The molecule has 0 bridgehead atoms. The average Bonchev–Trinajstić information content (AvgIpc) is 2.68. The van der Waals surface area contributed by atoms with E-state index in [9.17, 15) is 0 Å². The Morgan fingerprint density at radius 2 is 1.56 bits per heavy atom. The van der Waals surface area contributed by atoms with E-state index in [-0.39, 0.29) is 12.2 Å². The van der Waals surface area contributed by atoms with Gasteiger partial charge in [0.25, 0.3) is 0 Å². The maximum atomic E-state index is 5.70. The molecule has 0 aliphatic heterocycles. The average molecular weight is 428 g/mol. The van der Waals surface area contributed by atoms with E-state index in [1.54, 1.807) is 0 Å². The summed E-state index contributed by atoms with van der Waals surface area (Å²) in [6.07, 6.45) is 30.8. The van der Waals surface area contributed by atoms with Gasteiger partial charge in [0, 0.05) is 18.0 Å². The van der Waals surface area contributed by atoms with Crippen molar-refractivity contribution in [1.29, 1.82) is 0 Å². The largest absolute Gasteiger partial charge is 0.358 e. The normalized spacial score (nSPS) is 15.7. The summed E-state index contributed by atoms with van der Waals surface area (Å²) >= 11 is 0. The van der Waals surface area contributed by atoms with Gasteiger partial charge in [-0.1, -0.05) is 109 Å². The van der Waals surface area contributed by atoms with Crippen molar-refractivity contribution in [2.45, 2.75) is 77.4 Å². The lowest BCUT2D eigenvalue weighted by Crippen LogP contribution is -2.02. The molecule has 5 unspecified atom stereocenters. The van der Waals surface area contributed by atoms with Crippen molar-refractivity contribution in [2.75, 3.05) is 0 Å². The molecule has 0 radical (unpaired) electrons. The zero-order chi connectivity index (χ0) is 20.0. The van der Waals surface area contributed by atoms with E-state index in [2.05, 4.69) is 93.0 Å². The molecule has 2 nitrogen and oxygen atoms in total. The van der Waals surface area contributed by atoms with Gasteiger partial charge >= 0.3 is 0 Å². The smallest absolute Gasteiger partial charge is 0.0836 e. The van der Waals surface area contributed by atoms with Crippen molar-refractivity contribution < 1.29 is 9.05 Å². The Hall–Kier alpha value is -0.0900. The van der Waals surface area contributed by atoms with E-state index in [0.717, 1.165) is 25.7 Å². The molecule has 0 spiro atoms. The molecule has 0 saturated carbocycles. The summed E-state index contributed by atoms with van der Waals surface area (Å²) in [5.41, 5.74) is 0. The van der Waals surface area contributed by atoms with Crippen LogP contribution in [0.2, 0.25) is 0 Å². The Morgan fingerprint density at radius 3 is 2.15 bits per heavy atom. The predicted octanol–water partition coefficient (Wildman–Crippen LogP) is 7.87. The van der Waals surface area contributed by atoms with Crippen LogP contribution in [-0.2, 0) is 9.05 Å². The molecule has 0 aromatic carbocycles. The lowest BCUT2D eigenvalue weighted by Gasteiger charge is -2.09. The number of hydrogen-bond acceptors (Lipinski definition) is 2. The minimum atomic E-state index is 0.160. The van der Waals surface area contributed by atoms with Gasteiger partial charge in [-0.25, -0.2) is 0 Å². The third-order valence-electron chi connectivity index (χ3n) is 3.93. The van der Waals surface area contributed by atoms with Gasteiger partial charge in [-0.2, -0.15) is 0 Å². The van der Waals surface area contributed by atoms with Crippen LogP contribution in [0.3, 0.4) is 0 Å². The molecule has 0 aromatic heterocycles. The topological polar surface area (TPSA) is 18.5 Å². The molecule has 0 aliphatic rings. The van der Waals surface area contributed by atoms with E-state index in [4.69, 9.17) is 9.05 Å². The van der Waals surface area contributed by atoms with Crippen molar-refractivity contribution in [3.05, 3.63) is 60.8 Å². The van der Waals surface area contributed by atoms with Crippen LogP contribution in [0.5, 0.6) is 0 Å². The molecule has 5 atom stereocenters. The standard InChI is InChI=1S/C22H39O2P3/c1-3-5-7-14-17-21(23-25)18-15-11-9-8-10-12-16-20-22(24-27-26)19-13-6-4-2/h6,9-13,15-16,18,20-22,27H,3-5,7-8,14,17,19,25-26H2,1-2H3/b11-9-,12-10-,13-6-,18-15+,20-16+. The fourth-order valence-electron chi connectivity index (χ4n) is 2.40. The molecule has 154 valence electrons. The van der Waals surface area contributed by atoms with E-state index in [1.807, 2.05) is 0 Å². The highest BCUT2D eigenvalue weighted by Crippen LogP contribution is 2.25. The molecule has 0 saturated heterocycles. The first kappa shape index (κ1) is 26.9. The second-order valence-electron chi connectivity index (χ2n) is 6.28. The molecule has 0 rings (SSSR count). The molecule has 0 aliphatic carbocycles. The maximum absolute atomic E-state index is 5.70. The van der Waals surface area contributed by atoms with E-state index < -0.39 is 0 Å². The van der Waals surface area contributed by atoms with Gasteiger partial charge in [-0.05, 0) is 25.7 Å². The summed E-state index contributed by atoms with van der Waals surface area (Å²) in [5.74, 6) is 0. The van der Waals surface area contributed by atoms with E-state index in [0.29, 0.717) is 8.50 Å². The molecule has 0 heterocycles. The Kier molecular flexibility index (Phi) is 22.1. The van der Waals surface area contributed by atoms with Crippen LogP contribution < -0.4 is 0 Å². The third-order valence-corrected chi connectivity index (χ3v) is 5.12. The van der Waals surface area contributed by atoms with Gasteiger partial charge in [0.1, 0.15) is 0 Å². The first-order valence-corrected chi connectivity index (χ1v) is 13.3. The third kappa shape index (κ3) is 19.0. The molecule has 5 heteroatoms. The van der Waals surface area contributed by atoms with Crippen LogP contribution in [0.15, 0.2) is 60.8 Å². The molecule has 27 heavy (non-hydrogen) atoms. The maximum Gasteiger partial charge on any atom is 0.0836 e. The summed E-state index contributed by atoms with van der Waals surface area (Å²) < 4.78 is 11.1. The molecule has 0 N–H and O–H groups in total. The van der Waals surface area contributed by atoms with Crippen molar-refractivity contribution in [1.82, 2.24) is 0 Å². The lowest BCUT2D eigenvalue weighted by atomic mass is 10.1. The van der Waals surface area contributed by atoms with Crippen molar-refractivity contribution in [3.63, 3.8) is 0 Å². The summed E-state index contributed by atoms with van der Waals surface area (Å²) in [6.45, 7) is 4.38. The molecule has 0 amide bonds. The summed E-state index contributed by atoms with van der Waals surface area (Å²) in [4.78, 5) is 0. The number of allylic oxidation sites excluding steroid dienone is 7. The minimum Gasteiger partial charge on any atom is -0.358 e. The van der Waals surface area contributed by atoms with Gasteiger partial charge in [0.05, 0.1) is 12.2 Å². The SMILES string of the molecule is CC/C=C\CC(/C=C/C=C\C/C=C\C=C\C(CCCCCC)OP)OPP. The summed E-state index contributed by atoms with van der Waals surface area (Å²) in [7, 11) is 5.46. The van der Waals surface area contributed by atoms with Gasteiger partial charge in [0.15, 0.2) is 0 Å². The lowest BCUT2D eigenvalue weighted by molar-refractivity contribution is 0.274. The van der Waals surface area contributed by atoms with Gasteiger partial charge in [-0.15, -0.1) is 0 Å². The second kappa shape index (κ2) is 22.2. The fraction of sp³-hybridized carbons (Fsp3) is 0.545. The van der Waals surface area contributed by atoms with Crippen LogP contribution in [0, 0.1) is 0 Å². The molecule has 0 fully saturated rings. The molecular formula is C22H39O2P3. The fourth-order valence-corrected chi connectivity index (χ4v) is 3.50. The van der Waals surface area contributed by atoms with Crippen molar-refractivity contribution in [3.8, 4) is 0 Å². The molecule has 0 aromatic rings. The Bertz CT molecular complexity index is 456. The number of rotatable bonds is 17. The van der Waals surface area contributed by atoms with Crippen molar-refractivity contribution in [2.24, 2.45) is 0 Å².